The molecular weight excluding hydrogens is 196 g/mol. The number of aromatic nitrogens is 2. The summed E-state index contributed by atoms with van der Waals surface area (Å²) in [7, 11) is 0. The lowest BCUT2D eigenvalue weighted by Gasteiger charge is -2.07. The molecule has 0 fully saturated rings. The van der Waals surface area contributed by atoms with Gasteiger partial charge in [0.2, 0.25) is 5.89 Å². The lowest BCUT2D eigenvalue weighted by molar-refractivity contribution is 0.0680. The number of rotatable bonds is 6. The second-order valence-corrected chi connectivity index (χ2v) is 3.51. The van der Waals surface area contributed by atoms with E-state index >= 15 is 0 Å². The van der Waals surface area contributed by atoms with Crippen molar-refractivity contribution in [2.75, 3.05) is 0 Å². The molecule has 1 N–H and O–H groups in total. The van der Waals surface area contributed by atoms with Crippen LogP contribution in [0, 0.1) is 0 Å². The molecule has 84 valence electrons. The van der Waals surface area contributed by atoms with E-state index < -0.39 is 5.97 Å². The van der Waals surface area contributed by atoms with Gasteiger partial charge in [-0.3, -0.25) is 0 Å². The maximum absolute atomic E-state index is 10.6. The molecule has 0 amide bonds. The van der Waals surface area contributed by atoms with Crippen molar-refractivity contribution in [3.05, 3.63) is 11.7 Å². The van der Waals surface area contributed by atoms with Crippen molar-refractivity contribution in [3.63, 3.8) is 0 Å². The van der Waals surface area contributed by atoms with E-state index in [0.717, 1.165) is 25.7 Å². The number of hydrogen-bond donors (Lipinski definition) is 1. The Balaban J connectivity index is 2.69. The maximum Gasteiger partial charge on any atom is 0.377 e. The average Bonchev–Trinajstić information content (AvgIpc) is 2.68. The first-order chi connectivity index (χ1) is 7.19. The smallest absolute Gasteiger partial charge is 0.377 e. The molecule has 0 aliphatic carbocycles. The van der Waals surface area contributed by atoms with Crippen LogP contribution >= 0.6 is 0 Å². The Labute approximate surface area is 88.5 Å². The summed E-state index contributed by atoms with van der Waals surface area (Å²) in [6.45, 7) is 4.15. The number of unbranched alkanes of at least 4 members (excludes halogenated alkanes) is 1. The van der Waals surface area contributed by atoms with Crippen LogP contribution in [0.2, 0.25) is 0 Å². The number of carboxylic acids is 1. The van der Waals surface area contributed by atoms with Crippen molar-refractivity contribution >= 4 is 5.97 Å². The molecular formula is C10H16N2O3. The van der Waals surface area contributed by atoms with Gasteiger partial charge in [-0.1, -0.05) is 26.7 Å². The van der Waals surface area contributed by atoms with Crippen molar-refractivity contribution in [1.82, 2.24) is 10.1 Å². The summed E-state index contributed by atoms with van der Waals surface area (Å²) in [5.74, 6) is -0.760. The molecule has 5 nitrogen and oxygen atoms in total. The van der Waals surface area contributed by atoms with Gasteiger partial charge in [0.05, 0.1) is 0 Å². The molecule has 1 heterocycles. The Kier molecular flexibility index (Phi) is 4.27. The normalized spacial score (nSPS) is 12.7. The zero-order valence-corrected chi connectivity index (χ0v) is 9.06. The fourth-order valence-electron chi connectivity index (χ4n) is 1.44. The van der Waals surface area contributed by atoms with Crippen LogP contribution in [0.1, 0.15) is 62.0 Å². The molecule has 1 aromatic heterocycles. The van der Waals surface area contributed by atoms with E-state index in [1.54, 1.807) is 0 Å². The molecule has 1 rings (SSSR count). The van der Waals surface area contributed by atoms with Gasteiger partial charge in [-0.15, -0.1) is 0 Å². The summed E-state index contributed by atoms with van der Waals surface area (Å²) < 4.78 is 4.93. The highest BCUT2D eigenvalue weighted by atomic mass is 16.5. The predicted molar refractivity (Wildman–Crippen MR) is 53.8 cm³/mol. The average molecular weight is 212 g/mol. The molecule has 1 atom stereocenters. The van der Waals surface area contributed by atoms with Crippen molar-refractivity contribution < 1.29 is 14.4 Å². The van der Waals surface area contributed by atoms with Crippen LogP contribution in [-0.4, -0.2) is 21.2 Å². The molecule has 0 aliphatic rings. The number of nitrogens with zero attached hydrogens (tertiary/aromatic N) is 2. The SMILES string of the molecule is CCCCC(CC)c1nc(C(=O)O)no1. The molecule has 0 radical (unpaired) electrons. The Bertz CT molecular complexity index is 322. The summed E-state index contributed by atoms with van der Waals surface area (Å²) in [6, 6.07) is 0. The van der Waals surface area contributed by atoms with Crippen LogP contribution < -0.4 is 0 Å². The number of carboxylic acid groups (broad SMARTS) is 1. The van der Waals surface area contributed by atoms with E-state index in [0.29, 0.717) is 5.89 Å². The highest BCUT2D eigenvalue weighted by Gasteiger charge is 2.19. The summed E-state index contributed by atoms with van der Waals surface area (Å²) in [6.07, 6.45) is 4.05. The van der Waals surface area contributed by atoms with Crippen LogP contribution in [0.3, 0.4) is 0 Å². The highest BCUT2D eigenvalue weighted by Crippen LogP contribution is 2.23. The Morgan fingerprint density at radius 1 is 1.53 bits per heavy atom. The fourth-order valence-corrected chi connectivity index (χ4v) is 1.44. The van der Waals surface area contributed by atoms with Crippen LogP contribution in [0.5, 0.6) is 0 Å². The van der Waals surface area contributed by atoms with Crippen LogP contribution in [0.15, 0.2) is 4.52 Å². The molecule has 0 bridgehead atoms. The first-order valence-electron chi connectivity index (χ1n) is 5.25. The second kappa shape index (κ2) is 5.48. The first-order valence-corrected chi connectivity index (χ1v) is 5.25. The lowest BCUT2D eigenvalue weighted by atomic mass is 9.99. The number of hydrogen-bond acceptors (Lipinski definition) is 4. The molecule has 0 saturated carbocycles. The van der Waals surface area contributed by atoms with Crippen LogP contribution in [0.4, 0.5) is 0 Å². The quantitative estimate of drug-likeness (QED) is 0.783. The van der Waals surface area contributed by atoms with E-state index in [9.17, 15) is 4.79 Å². The zero-order valence-electron chi connectivity index (χ0n) is 9.06. The van der Waals surface area contributed by atoms with Crippen molar-refractivity contribution in [1.29, 1.82) is 0 Å². The molecule has 0 saturated heterocycles. The molecule has 1 aromatic rings. The Hall–Kier alpha value is -1.39. The van der Waals surface area contributed by atoms with E-state index in [1.807, 2.05) is 6.92 Å². The van der Waals surface area contributed by atoms with Gasteiger partial charge in [0.25, 0.3) is 5.82 Å². The zero-order chi connectivity index (χ0) is 11.3. The van der Waals surface area contributed by atoms with Gasteiger partial charge in [-0.25, -0.2) is 4.79 Å². The largest absolute Gasteiger partial charge is 0.475 e. The van der Waals surface area contributed by atoms with E-state index in [-0.39, 0.29) is 11.7 Å². The van der Waals surface area contributed by atoms with Gasteiger partial charge in [0.15, 0.2) is 0 Å². The Morgan fingerprint density at radius 2 is 2.27 bits per heavy atom. The van der Waals surface area contributed by atoms with Crippen molar-refractivity contribution in [2.24, 2.45) is 0 Å². The molecule has 5 heteroatoms. The highest BCUT2D eigenvalue weighted by molar-refractivity contribution is 5.82. The van der Waals surface area contributed by atoms with Gasteiger partial charge >= 0.3 is 5.97 Å². The third-order valence-corrected chi connectivity index (χ3v) is 2.38. The minimum Gasteiger partial charge on any atom is -0.475 e. The van der Waals surface area contributed by atoms with Crippen LogP contribution in [-0.2, 0) is 0 Å². The van der Waals surface area contributed by atoms with Crippen LogP contribution in [0.25, 0.3) is 0 Å². The van der Waals surface area contributed by atoms with Crippen molar-refractivity contribution in [3.8, 4) is 0 Å². The minimum absolute atomic E-state index is 0.186. The van der Waals surface area contributed by atoms with Gasteiger partial charge < -0.3 is 9.63 Å². The third-order valence-electron chi connectivity index (χ3n) is 2.38. The standard InChI is InChI=1S/C10H16N2O3/c1-3-5-6-7(4-2)9-11-8(10(13)14)12-15-9/h7H,3-6H2,1-2H3,(H,13,14). The second-order valence-electron chi connectivity index (χ2n) is 3.51. The molecule has 0 spiro atoms. The van der Waals surface area contributed by atoms with E-state index in [2.05, 4.69) is 17.1 Å². The van der Waals surface area contributed by atoms with Gasteiger partial charge in [-0.05, 0) is 18.0 Å². The lowest BCUT2D eigenvalue weighted by Crippen LogP contribution is -2.01. The number of carbonyl (C=O) groups is 1. The number of aromatic carboxylic acids is 1. The summed E-state index contributed by atoms with van der Waals surface area (Å²) in [5, 5.41) is 12.1. The molecule has 0 aromatic carbocycles. The van der Waals surface area contributed by atoms with Gasteiger partial charge in [0.1, 0.15) is 0 Å². The summed E-state index contributed by atoms with van der Waals surface area (Å²) in [4.78, 5) is 14.4. The Morgan fingerprint density at radius 3 is 2.73 bits per heavy atom. The summed E-state index contributed by atoms with van der Waals surface area (Å²) in [5.41, 5.74) is 0. The van der Waals surface area contributed by atoms with E-state index in [1.165, 1.54) is 0 Å². The monoisotopic (exact) mass is 212 g/mol. The van der Waals surface area contributed by atoms with Crippen molar-refractivity contribution in [2.45, 2.75) is 45.4 Å². The minimum atomic E-state index is -1.14. The molecule has 1 unspecified atom stereocenters. The fraction of sp³-hybridized carbons (Fsp3) is 0.700. The van der Waals surface area contributed by atoms with E-state index in [4.69, 9.17) is 9.63 Å². The first kappa shape index (κ1) is 11.7. The molecule has 0 aliphatic heterocycles. The topological polar surface area (TPSA) is 76.2 Å². The summed E-state index contributed by atoms with van der Waals surface area (Å²) >= 11 is 0. The molecule has 15 heavy (non-hydrogen) atoms. The van der Waals surface area contributed by atoms with Gasteiger partial charge in [-0.2, -0.15) is 4.98 Å². The van der Waals surface area contributed by atoms with Gasteiger partial charge in [0, 0.05) is 5.92 Å². The third kappa shape index (κ3) is 3.04. The predicted octanol–water partition coefficient (Wildman–Crippen LogP) is 2.45. The maximum atomic E-state index is 10.6.